The van der Waals surface area contributed by atoms with E-state index in [1.165, 1.54) is 11.1 Å². The Hall–Kier alpha value is -1.78. The van der Waals surface area contributed by atoms with Gasteiger partial charge >= 0.3 is 0 Å². The minimum absolute atomic E-state index is 0.191. The topological polar surface area (TPSA) is 41.0 Å². The molecule has 0 fully saturated rings. The van der Waals surface area contributed by atoms with E-state index >= 15 is 0 Å². The molecule has 0 aliphatic heterocycles. The summed E-state index contributed by atoms with van der Waals surface area (Å²) in [6.07, 6.45) is 5.24. The van der Waals surface area contributed by atoms with Crippen LogP contribution in [0.3, 0.4) is 0 Å². The fourth-order valence-electron chi connectivity index (χ4n) is 2.13. The summed E-state index contributed by atoms with van der Waals surface area (Å²) >= 11 is 0. The van der Waals surface area contributed by atoms with Gasteiger partial charge in [0.1, 0.15) is 0 Å². The van der Waals surface area contributed by atoms with Gasteiger partial charge in [-0.15, -0.1) is 0 Å². The zero-order valence-electron chi connectivity index (χ0n) is 12.4. The lowest BCUT2D eigenvalue weighted by Crippen LogP contribution is -2.21. The van der Waals surface area contributed by atoms with Crippen LogP contribution in [0.5, 0.6) is 0 Å². The number of aromatic nitrogens is 2. The van der Waals surface area contributed by atoms with E-state index in [0.717, 1.165) is 18.8 Å². The Balaban J connectivity index is 2.00. The van der Waals surface area contributed by atoms with Crippen molar-refractivity contribution in [2.45, 2.75) is 26.1 Å². The lowest BCUT2D eigenvalue weighted by atomic mass is 10.1. The SMILES string of the molecule is CC(NCc1ccccc1CN(C)C)c1cnccn1. The van der Waals surface area contributed by atoms with Gasteiger partial charge in [0.05, 0.1) is 5.69 Å². The molecule has 2 aromatic rings. The van der Waals surface area contributed by atoms with Crippen molar-refractivity contribution in [2.75, 3.05) is 14.1 Å². The predicted octanol–water partition coefficient (Wildman–Crippen LogP) is 2.39. The van der Waals surface area contributed by atoms with Crippen molar-refractivity contribution in [1.82, 2.24) is 20.2 Å². The summed E-state index contributed by atoms with van der Waals surface area (Å²) in [5, 5.41) is 3.51. The van der Waals surface area contributed by atoms with E-state index in [1.54, 1.807) is 12.4 Å². The molecule has 0 radical (unpaired) electrons. The molecule has 0 aliphatic carbocycles. The maximum Gasteiger partial charge on any atom is 0.0753 e. The van der Waals surface area contributed by atoms with Crippen molar-refractivity contribution in [3.8, 4) is 0 Å². The number of nitrogens with one attached hydrogen (secondary N) is 1. The lowest BCUT2D eigenvalue weighted by molar-refractivity contribution is 0.399. The summed E-state index contributed by atoms with van der Waals surface area (Å²) in [6, 6.07) is 8.73. The van der Waals surface area contributed by atoms with Gasteiger partial charge in [0.25, 0.3) is 0 Å². The van der Waals surface area contributed by atoms with Crippen molar-refractivity contribution in [3.05, 3.63) is 59.7 Å². The molecule has 0 saturated heterocycles. The van der Waals surface area contributed by atoms with Gasteiger partial charge in [0, 0.05) is 37.7 Å². The van der Waals surface area contributed by atoms with Crippen LogP contribution in [0.4, 0.5) is 0 Å². The van der Waals surface area contributed by atoms with Crippen LogP contribution in [0, 0.1) is 0 Å². The van der Waals surface area contributed by atoms with Gasteiger partial charge in [-0.3, -0.25) is 9.97 Å². The van der Waals surface area contributed by atoms with E-state index < -0.39 is 0 Å². The minimum Gasteiger partial charge on any atom is -0.305 e. The van der Waals surface area contributed by atoms with Gasteiger partial charge in [0.2, 0.25) is 0 Å². The van der Waals surface area contributed by atoms with Crippen molar-refractivity contribution >= 4 is 0 Å². The molecule has 0 saturated carbocycles. The second kappa shape index (κ2) is 7.12. The fourth-order valence-corrected chi connectivity index (χ4v) is 2.13. The van der Waals surface area contributed by atoms with Crippen molar-refractivity contribution in [2.24, 2.45) is 0 Å². The molecule has 4 heteroatoms. The van der Waals surface area contributed by atoms with Crippen LogP contribution in [0.15, 0.2) is 42.9 Å². The molecule has 1 atom stereocenters. The van der Waals surface area contributed by atoms with Gasteiger partial charge in [-0.05, 0) is 32.1 Å². The molecular formula is C16H22N4. The highest BCUT2D eigenvalue weighted by Crippen LogP contribution is 2.13. The second-order valence-corrected chi connectivity index (χ2v) is 5.24. The van der Waals surface area contributed by atoms with E-state index in [0.29, 0.717) is 0 Å². The minimum atomic E-state index is 0.191. The van der Waals surface area contributed by atoms with Crippen molar-refractivity contribution in [3.63, 3.8) is 0 Å². The monoisotopic (exact) mass is 270 g/mol. The molecule has 0 aliphatic rings. The first-order valence-corrected chi connectivity index (χ1v) is 6.87. The van der Waals surface area contributed by atoms with Gasteiger partial charge in [-0.25, -0.2) is 0 Å². The lowest BCUT2D eigenvalue weighted by Gasteiger charge is -2.17. The maximum atomic E-state index is 4.33. The molecular weight excluding hydrogens is 248 g/mol. The summed E-state index contributed by atoms with van der Waals surface area (Å²) in [5.74, 6) is 0. The quantitative estimate of drug-likeness (QED) is 0.875. The summed E-state index contributed by atoms with van der Waals surface area (Å²) in [5.41, 5.74) is 3.66. The molecule has 4 nitrogen and oxygen atoms in total. The van der Waals surface area contributed by atoms with E-state index in [1.807, 2.05) is 6.20 Å². The molecule has 2 rings (SSSR count). The Bertz CT molecular complexity index is 525. The Morgan fingerprint density at radius 3 is 2.55 bits per heavy atom. The molecule has 1 heterocycles. The van der Waals surface area contributed by atoms with Crippen LogP contribution >= 0.6 is 0 Å². The highest BCUT2D eigenvalue weighted by Gasteiger charge is 2.08. The highest BCUT2D eigenvalue weighted by molar-refractivity contribution is 5.27. The van der Waals surface area contributed by atoms with Crippen molar-refractivity contribution in [1.29, 1.82) is 0 Å². The van der Waals surface area contributed by atoms with E-state index in [2.05, 4.69) is 65.5 Å². The number of hydrogen-bond donors (Lipinski definition) is 1. The predicted molar refractivity (Wildman–Crippen MR) is 81.1 cm³/mol. The van der Waals surface area contributed by atoms with E-state index in [4.69, 9.17) is 0 Å². The third kappa shape index (κ3) is 4.11. The molecule has 0 amide bonds. The largest absolute Gasteiger partial charge is 0.305 e. The Morgan fingerprint density at radius 2 is 1.90 bits per heavy atom. The molecule has 20 heavy (non-hydrogen) atoms. The zero-order valence-corrected chi connectivity index (χ0v) is 12.4. The Kier molecular flexibility index (Phi) is 5.21. The zero-order chi connectivity index (χ0) is 14.4. The standard InChI is InChI=1S/C16H22N4/c1-13(16-11-17-8-9-18-16)19-10-14-6-4-5-7-15(14)12-20(2)3/h4-9,11,13,19H,10,12H2,1-3H3. The smallest absolute Gasteiger partial charge is 0.0753 e. The Morgan fingerprint density at radius 1 is 1.15 bits per heavy atom. The maximum absolute atomic E-state index is 4.33. The fraction of sp³-hybridized carbons (Fsp3) is 0.375. The third-order valence-electron chi connectivity index (χ3n) is 3.23. The number of nitrogens with zero attached hydrogens (tertiary/aromatic N) is 3. The third-order valence-corrected chi connectivity index (χ3v) is 3.23. The van der Waals surface area contributed by atoms with E-state index in [-0.39, 0.29) is 6.04 Å². The van der Waals surface area contributed by atoms with Crippen LogP contribution in [0.1, 0.15) is 29.8 Å². The average molecular weight is 270 g/mol. The molecule has 1 unspecified atom stereocenters. The highest BCUT2D eigenvalue weighted by atomic mass is 15.0. The number of hydrogen-bond acceptors (Lipinski definition) is 4. The van der Waals surface area contributed by atoms with Crippen LogP contribution in [0.25, 0.3) is 0 Å². The van der Waals surface area contributed by atoms with Crippen LogP contribution in [-0.4, -0.2) is 29.0 Å². The average Bonchev–Trinajstić information content (AvgIpc) is 2.46. The molecule has 1 N–H and O–H groups in total. The summed E-state index contributed by atoms with van der Waals surface area (Å²) < 4.78 is 0. The van der Waals surface area contributed by atoms with E-state index in [9.17, 15) is 0 Å². The van der Waals surface area contributed by atoms with Crippen LogP contribution in [0.2, 0.25) is 0 Å². The summed E-state index contributed by atoms with van der Waals surface area (Å²) in [4.78, 5) is 10.6. The van der Waals surface area contributed by atoms with Crippen LogP contribution in [-0.2, 0) is 13.1 Å². The first-order chi connectivity index (χ1) is 9.66. The normalized spacial score (nSPS) is 12.6. The van der Waals surface area contributed by atoms with Crippen molar-refractivity contribution < 1.29 is 0 Å². The molecule has 0 spiro atoms. The summed E-state index contributed by atoms with van der Waals surface area (Å²) in [6.45, 7) is 3.90. The number of rotatable bonds is 6. The molecule has 0 bridgehead atoms. The van der Waals surface area contributed by atoms with Gasteiger partial charge in [-0.1, -0.05) is 24.3 Å². The summed E-state index contributed by atoms with van der Waals surface area (Å²) in [7, 11) is 4.18. The van der Waals surface area contributed by atoms with Gasteiger partial charge < -0.3 is 10.2 Å². The second-order valence-electron chi connectivity index (χ2n) is 5.24. The Labute approximate surface area is 120 Å². The van der Waals surface area contributed by atoms with Gasteiger partial charge in [0.15, 0.2) is 0 Å². The molecule has 1 aromatic carbocycles. The van der Waals surface area contributed by atoms with Crippen LogP contribution < -0.4 is 5.32 Å². The molecule has 106 valence electrons. The first-order valence-electron chi connectivity index (χ1n) is 6.87. The molecule has 1 aromatic heterocycles. The number of benzene rings is 1. The van der Waals surface area contributed by atoms with Gasteiger partial charge in [-0.2, -0.15) is 0 Å². The first kappa shape index (κ1) is 14.6.